The number of nitrogens with one attached hydrogen (secondary N) is 1. The van der Waals surface area contributed by atoms with Crippen LogP contribution in [0, 0.1) is 12.7 Å². The van der Waals surface area contributed by atoms with Crippen LogP contribution in [0.2, 0.25) is 0 Å². The SMILES string of the molecule is CCOC(=O)c1c(NC(=O)c2sc(-c3ccc(F)cc3)nc2C)sc2c1CCS(=O)(=O)C2. The molecule has 7 nitrogen and oxygen atoms in total. The fourth-order valence-corrected chi connectivity index (χ4v) is 7.41. The quantitative estimate of drug-likeness (QED) is 0.533. The van der Waals surface area contributed by atoms with Crippen LogP contribution >= 0.6 is 22.7 Å². The molecule has 2 aromatic heterocycles. The van der Waals surface area contributed by atoms with Gasteiger partial charge in [0, 0.05) is 10.4 Å². The van der Waals surface area contributed by atoms with Crippen molar-refractivity contribution in [3.63, 3.8) is 0 Å². The van der Waals surface area contributed by atoms with Crippen molar-refractivity contribution in [3.05, 3.63) is 56.7 Å². The number of sulfone groups is 1. The van der Waals surface area contributed by atoms with E-state index in [9.17, 15) is 22.4 Å². The Morgan fingerprint density at radius 1 is 1.22 bits per heavy atom. The zero-order valence-corrected chi connectivity index (χ0v) is 19.7. The first kappa shape index (κ1) is 22.6. The predicted octanol–water partition coefficient (Wildman–Crippen LogP) is 4.22. The van der Waals surface area contributed by atoms with Gasteiger partial charge in [-0.2, -0.15) is 0 Å². The Morgan fingerprint density at radius 3 is 2.62 bits per heavy atom. The first-order chi connectivity index (χ1) is 15.2. The molecule has 32 heavy (non-hydrogen) atoms. The Morgan fingerprint density at radius 2 is 1.94 bits per heavy atom. The van der Waals surface area contributed by atoms with Gasteiger partial charge in [0.25, 0.3) is 5.91 Å². The molecule has 1 aromatic carbocycles. The first-order valence-electron chi connectivity index (χ1n) is 9.75. The molecule has 0 spiro atoms. The standard InChI is InChI=1S/C21H19FN2O5S3/c1-3-29-21(26)16-14-8-9-32(27,28)10-15(14)30-20(16)24-18(25)17-11(2)23-19(31-17)12-4-6-13(22)7-5-12/h4-7H,3,8-10H2,1-2H3,(H,24,25). The summed E-state index contributed by atoms with van der Waals surface area (Å²) in [5.41, 5.74) is 2.01. The van der Waals surface area contributed by atoms with E-state index in [1.807, 2.05) is 0 Å². The second-order valence-electron chi connectivity index (χ2n) is 7.16. The number of anilines is 1. The van der Waals surface area contributed by atoms with E-state index in [1.54, 1.807) is 26.0 Å². The van der Waals surface area contributed by atoms with Gasteiger partial charge in [-0.05, 0) is 50.1 Å². The monoisotopic (exact) mass is 494 g/mol. The molecule has 0 radical (unpaired) electrons. The number of ether oxygens (including phenoxy) is 1. The second-order valence-corrected chi connectivity index (χ2v) is 11.5. The Balaban J connectivity index is 1.67. The number of hydrogen-bond donors (Lipinski definition) is 1. The van der Waals surface area contributed by atoms with Crippen molar-refractivity contribution in [2.75, 3.05) is 17.7 Å². The minimum Gasteiger partial charge on any atom is -0.462 e. The Bertz CT molecular complexity index is 1310. The molecule has 168 valence electrons. The molecule has 1 amide bonds. The number of thiazole rings is 1. The smallest absolute Gasteiger partial charge is 0.341 e. The number of halogens is 1. The van der Waals surface area contributed by atoms with E-state index in [0.717, 1.165) is 22.7 Å². The maximum Gasteiger partial charge on any atom is 0.341 e. The van der Waals surface area contributed by atoms with Gasteiger partial charge in [-0.1, -0.05) is 0 Å². The topological polar surface area (TPSA) is 102 Å². The molecule has 0 saturated heterocycles. The number of carbonyl (C=O) groups is 2. The number of esters is 1. The van der Waals surface area contributed by atoms with Gasteiger partial charge in [0.05, 0.1) is 29.4 Å². The summed E-state index contributed by atoms with van der Waals surface area (Å²) in [6.45, 7) is 3.53. The van der Waals surface area contributed by atoms with Gasteiger partial charge in [0.1, 0.15) is 20.7 Å². The van der Waals surface area contributed by atoms with Crippen LogP contribution in [-0.4, -0.2) is 37.6 Å². The maximum atomic E-state index is 13.2. The van der Waals surface area contributed by atoms with Gasteiger partial charge in [-0.3, -0.25) is 4.79 Å². The number of aromatic nitrogens is 1. The summed E-state index contributed by atoms with van der Waals surface area (Å²) < 4.78 is 42.5. The zero-order chi connectivity index (χ0) is 23.0. The van der Waals surface area contributed by atoms with E-state index in [1.165, 1.54) is 12.1 Å². The van der Waals surface area contributed by atoms with E-state index in [2.05, 4.69) is 10.3 Å². The van der Waals surface area contributed by atoms with Crippen molar-refractivity contribution in [2.45, 2.75) is 26.0 Å². The molecule has 4 rings (SSSR count). The zero-order valence-electron chi connectivity index (χ0n) is 17.2. The average molecular weight is 495 g/mol. The Kier molecular flexibility index (Phi) is 6.15. The summed E-state index contributed by atoms with van der Waals surface area (Å²) in [6, 6.07) is 5.81. The maximum absolute atomic E-state index is 13.2. The first-order valence-corrected chi connectivity index (χ1v) is 13.2. The van der Waals surface area contributed by atoms with Gasteiger partial charge in [0.2, 0.25) is 0 Å². The normalized spacial score (nSPS) is 14.6. The molecule has 0 aliphatic carbocycles. The molecule has 3 heterocycles. The summed E-state index contributed by atoms with van der Waals surface area (Å²) in [4.78, 5) is 30.9. The highest BCUT2D eigenvalue weighted by Crippen LogP contribution is 2.39. The third-order valence-corrected chi connectivity index (χ3v) is 9.00. The molecular weight excluding hydrogens is 475 g/mol. The number of amides is 1. The number of aryl methyl sites for hydroxylation is 1. The van der Waals surface area contributed by atoms with E-state index in [0.29, 0.717) is 31.6 Å². The van der Waals surface area contributed by atoms with Crippen molar-refractivity contribution in [1.82, 2.24) is 4.98 Å². The van der Waals surface area contributed by atoms with Gasteiger partial charge in [0.15, 0.2) is 9.84 Å². The third kappa shape index (κ3) is 4.45. The number of carbonyl (C=O) groups excluding carboxylic acids is 2. The van der Waals surface area contributed by atoms with Crippen LogP contribution in [0.15, 0.2) is 24.3 Å². The molecule has 0 bridgehead atoms. The van der Waals surface area contributed by atoms with Crippen LogP contribution < -0.4 is 5.32 Å². The lowest BCUT2D eigenvalue weighted by atomic mass is 10.1. The molecule has 3 aromatic rings. The molecule has 1 aliphatic heterocycles. The van der Waals surface area contributed by atoms with Crippen LogP contribution in [0.1, 0.15) is 43.1 Å². The molecule has 0 saturated carbocycles. The predicted molar refractivity (Wildman–Crippen MR) is 122 cm³/mol. The molecule has 0 fully saturated rings. The third-order valence-electron chi connectivity index (χ3n) is 4.91. The molecule has 1 aliphatic rings. The van der Waals surface area contributed by atoms with Crippen LogP contribution in [0.25, 0.3) is 10.6 Å². The number of benzene rings is 1. The van der Waals surface area contributed by atoms with Crippen molar-refractivity contribution in [2.24, 2.45) is 0 Å². The highest BCUT2D eigenvalue weighted by molar-refractivity contribution is 7.90. The number of hydrogen-bond acceptors (Lipinski definition) is 8. The van der Waals surface area contributed by atoms with E-state index in [4.69, 9.17) is 4.74 Å². The van der Waals surface area contributed by atoms with Crippen molar-refractivity contribution in [1.29, 1.82) is 0 Å². The highest BCUT2D eigenvalue weighted by Gasteiger charge is 2.32. The average Bonchev–Trinajstić information content (AvgIpc) is 3.27. The van der Waals surface area contributed by atoms with Crippen LogP contribution in [0.3, 0.4) is 0 Å². The lowest BCUT2D eigenvalue weighted by Crippen LogP contribution is -2.20. The molecule has 0 atom stereocenters. The summed E-state index contributed by atoms with van der Waals surface area (Å²) >= 11 is 2.23. The summed E-state index contributed by atoms with van der Waals surface area (Å²) in [5.74, 6) is -1.63. The number of rotatable bonds is 5. The molecule has 0 unspecified atom stereocenters. The number of fused-ring (bicyclic) bond motifs is 1. The minimum absolute atomic E-state index is 0.0501. The summed E-state index contributed by atoms with van der Waals surface area (Å²) in [5, 5.41) is 3.59. The van der Waals surface area contributed by atoms with Crippen molar-refractivity contribution < 1.29 is 27.1 Å². The van der Waals surface area contributed by atoms with E-state index >= 15 is 0 Å². The Labute approximate surface area is 192 Å². The van der Waals surface area contributed by atoms with Gasteiger partial charge >= 0.3 is 5.97 Å². The lowest BCUT2D eigenvalue weighted by Gasteiger charge is -2.13. The van der Waals surface area contributed by atoms with Crippen LogP contribution in [-0.2, 0) is 26.7 Å². The Hall–Kier alpha value is -2.63. The second kappa shape index (κ2) is 8.72. The van der Waals surface area contributed by atoms with E-state index in [-0.39, 0.29) is 40.9 Å². The van der Waals surface area contributed by atoms with Gasteiger partial charge in [-0.25, -0.2) is 22.6 Å². The minimum atomic E-state index is -3.24. The molecule has 11 heteroatoms. The number of nitrogens with zero attached hydrogens (tertiary/aromatic N) is 1. The van der Waals surface area contributed by atoms with Gasteiger partial charge < -0.3 is 10.1 Å². The molecule has 1 N–H and O–H groups in total. The van der Waals surface area contributed by atoms with Crippen molar-refractivity contribution >= 4 is 49.4 Å². The van der Waals surface area contributed by atoms with Gasteiger partial charge in [-0.15, -0.1) is 22.7 Å². The van der Waals surface area contributed by atoms with E-state index < -0.39 is 21.7 Å². The lowest BCUT2D eigenvalue weighted by molar-refractivity contribution is 0.0527. The van der Waals surface area contributed by atoms with Crippen molar-refractivity contribution in [3.8, 4) is 10.6 Å². The summed E-state index contributed by atoms with van der Waals surface area (Å²) in [7, 11) is -3.24. The fraction of sp³-hybridized carbons (Fsp3) is 0.286. The highest BCUT2D eigenvalue weighted by atomic mass is 32.2. The van der Waals surface area contributed by atoms with Crippen LogP contribution in [0.5, 0.6) is 0 Å². The van der Waals surface area contributed by atoms with Crippen LogP contribution in [0.4, 0.5) is 9.39 Å². The molecular formula is C21H19FN2O5S3. The fourth-order valence-electron chi connectivity index (χ4n) is 3.41. The largest absolute Gasteiger partial charge is 0.462 e. The summed E-state index contributed by atoms with van der Waals surface area (Å²) in [6.07, 6.45) is 0.201. The number of thiophene rings is 1.